The molecule has 2 fully saturated rings. The number of hydrogen-bond donors (Lipinski definition) is 0. The molecule has 1 aromatic rings. The number of hydrogen-bond acceptors (Lipinski definition) is 2. The van der Waals surface area contributed by atoms with Crippen LogP contribution < -0.4 is 0 Å². The molecule has 3 heteroatoms. The molecule has 1 aromatic carbocycles. The molecule has 2 aliphatic rings. The van der Waals surface area contributed by atoms with Crippen molar-refractivity contribution in [3.63, 3.8) is 0 Å². The highest BCUT2D eigenvalue weighted by molar-refractivity contribution is 5.74. The molecule has 0 spiro atoms. The first kappa shape index (κ1) is 22.3. The summed E-state index contributed by atoms with van der Waals surface area (Å²) in [6.07, 6.45) is 14.4. The molecule has 29 heavy (non-hydrogen) atoms. The summed E-state index contributed by atoms with van der Waals surface area (Å²) in [5, 5.41) is 0. The summed E-state index contributed by atoms with van der Waals surface area (Å²) >= 11 is 0. The van der Waals surface area contributed by atoms with Crippen molar-refractivity contribution in [1.82, 2.24) is 0 Å². The maximum Gasteiger partial charge on any atom is 0.340 e. The van der Waals surface area contributed by atoms with E-state index in [9.17, 15) is 9.18 Å². The number of carbonyl (C=O) groups is 1. The molecule has 0 bridgehead atoms. The van der Waals surface area contributed by atoms with Gasteiger partial charge in [-0.1, -0.05) is 56.9 Å². The molecule has 1 radical (unpaired) electrons. The number of halogens is 1. The Balaban J connectivity index is 1.39. The Kier molecular flexibility index (Phi) is 9.01. The molecule has 0 unspecified atom stereocenters. The molecular weight excluding hydrogens is 363 g/mol. The van der Waals surface area contributed by atoms with Gasteiger partial charge in [0.2, 0.25) is 0 Å². The average Bonchev–Trinajstić information content (AvgIpc) is 2.77. The zero-order valence-electron chi connectivity index (χ0n) is 18.1. The van der Waals surface area contributed by atoms with Gasteiger partial charge in [0.15, 0.2) is 6.17 Å². The van der Waals surface area contributed by atoms with Crippen LogP contribution in [0.25, 0.3) is 0 Å². The van der Waals surface area contributed by atoms with Crippen molar-refractivity contribution in [2.75, 3.05) is 0 Å². The van der Waals surface area contributed by atoms with E-state index >= 15 is 0 Å². The molecule has 2 saturated carbocycles. The van der Waals surface area contributed by atoms with Crippen LogP contribution in [0.15, 0.2) is 24.3 Å². The highest BCUT2D eigenvalue weighted by Crippen LogP contribution is 2.35. The van der Waals surface area contributed by atoms with Crippen LogP contribution in [0, 0.1) is 12.3 Å². The summed E-state index contributed by atoms with van der Waals surface area (Å²) < 4.78 is 19.3. The monoisotopic (exact) mass is 401 g/mol. The topological polar surface area (TPSA) is 26.3 Å². The van der Waals surface area contributed by atoms with Gasteiger partial charge in [-0.15, -0.1) is 0 Å². The van der Waals surface area contributed by atoms with Crippen molar-refractivity contribution in [2.45, 2.75) is 109 Å². The van der Waals surface area contributed by atoms with Crippen molar-refractivity contribution < 1.29 is 13.9 Å². The van der Waals surface area contributed by atoms with Crippen LogP contribution in [0.4, 0.5) is 4.39 Å². The van der Waals surface area contributed by atoms with E-state index in [4.69, 9.17) is 4.74 Å². The molecule has 3 rings (SSSR count). The van der Waals surface area contributed by atoms with E-state index in [1.165, 1.54) is 49.7 Å². The fourth-order valence-electron chi connectivity index (χ4n) is 4.87. The summed E-state index contributed by atoms with van der Waals surface area (Å²) in [6.45, 7) is 2.00. The second-order valence-electron chi connectivity index (χ2n) is 9.11. The molecule has 2 nitrogen and oxygen atoms in total. The zero-order valence-corrected chi connectivity index (χ0v) is 18.1. The van der Waals surface area contributed by atoms with Crippen molar-refractivity contribution >= 4 is 5.97 Å². The second kappa shape index (κ2) is 11.7. The lowest BCUT2D eigenvalue weighted by Crippen LogP contribution is -2.28. The average molecular weight is 402 g/mol. The van der Waals surface area contributed by atoms with Crippen molar-refractivity contribution in [3.8, 4) is 0 Å². The lowest BCUT2D eigenvalue weighted by atomic mass is 9.82. The predicted molar refractivity (Wildman–Crippen MR) is 117 cm³/mol. The Morgan fingerprint density at radius 3 is 2.41 bits per heavy atom. The first-order valence-electron chi connectivity index (χ1n) is 11.9. The van der Waals surface area contributed by atoms with Crippen LogP contribution >= 0.6 is 0 Å². The van der Waals surface area contributed by atoms with Gasteiger partial charge in [-0.2, -0.15) is 0 Å². The van der Waals surface area contributed by atoms with Gasteiger partial charge in [0.1, 0.15) is 6.10 Å². The largest absolute Gasteiger partial charge is 0.460 e. The molecule has 0 amide bonds. The van der Waals surface area contributed by atoms with Gasteiger partial charge in [-0.3, -0.25) is 0 Å². The second-order valence-corrected chi connectivity index (χ2v) is 9.11. The van der Waals surface area contributed by atoms with Crippen molar-refractivity contribution in [1.29, 1.82) is 0 Å². The Morgan fingerprint density at radius 2 is 1.76 bits per heavy atom. The molecule has 161 valence electrons. The van der Waals surface area contributed by atoms with E-state index in [0.717, 1.165) is 44.4 Å². The first-order chi connectivity index (χ1) is 14.2. The van der Waals surface area contributed by atoms with E-state index in [2.05, 4.69) is 30.7 Å². The number of benzene rings is 1. The number of rotatable bonds is 9. The van der Waals surface area contributed by atoms with E-state index in [1.54, 1.807) is 0 Å². The third-order valence-electron chi connectivity index (χ3n) is 6.87. The number of ether oxygens (including phenoxy) is 1. The van der Waals surface area contributed by atoms with Crippen LogP contribution in [0.1, 0.15) is 101 Å². The molecule has 0 saturated heterocycles. The summed E-state index contributed by atoms with van der Waals surface area (Å²) in [5.41, 5.74) is 2.85. The van der Waals surface area contributed by atoms with E-state index in [0.29, 0.717) is 5.92 Å². The molecule has 1 atom stereocenters. The third kappa shape index (κ3) is 7.12. The van der Waals surface area contributed by atoms with Crippen molar-refractivity contribution in [3.05, 3.63) is 41.8 Å². The maximum atomic E-state index is 13.8. The number of alkyl halides is 1. The smallest absolute Gasteiger partial charge is 0.340 e. The van der Waals surface area contributed by atoms with Crippen LogP contribution in [0.5, 0.6) is 0 Å². The molecule has 0 N–H and O–H groups in total. The molecule has 0 aromatic heterocycles. The summed E-state index contributed by atoms with van der Waals surface area (Å²) in [4.78, 5) is 11.9. The minimum Gasteiger partial charge on any atom is -0.460 e. The zero-order chi connectivity index (χ0) is 20.5. The lowest BCUT2D eigenvalue weighted by Gasteiger charge is -2.29. The quantitative estimate of drug-likeness (QED) is 0.412. The normalized spacial score (nSPS) is 24.2. The van der Waals surface area contributed by atoms with Gasteiger partial charge in [-0.05, 0) is 87.2 Å². The first-order valence-corrected chi connectivity index (χ1v) is 11.9. The van der Waals surface area contributed by atoms with Gasteiger partial charge in [0.25, 0.3) is 0 Å². The number of esters is 1. The minimum atomic E-state index is -1.45. The predicted octanol–water partition coefficient (Wildman–Crippen LogP) is 7.11. The van der Waals surface area contributed by atoms with Crippen LogP contribution in [-0.2, 0) is 16.0 Å². The third-order valence-corrected chi connectivity index (χ3v) is 6.87. The SMILES string of the molecule is CCCC[C@H](F)C(=O)O[C@H]1CC[C@H](c2ccc(CCC3CC[CH]CC3)cc2)CC1. The van der Waals surface area contributed by atoms with Gasteiger partial charge in [0.05, 0.1) is 0 Å². The molecule has 0 aliphatic heterocycles. The molecule has 0 heterocycles. The fraction of sp³-hybridized carbons (Fsp3) is 0.692. The van der Waals surface area contributed by atoms with Crippen molar-refractivity contribution in [2.24, 2.45) is 5.92 Å². The van der Waals surface area contributed by atoms with E-state index in [-0.39, 0.29) is 12.5 Å². The highest BCUT2D eigenvalue weighted by atomic mass is 19.1. The van der Waals surface area contributed by atoms with Crippen LogP contribution in [-0.4, -0.2) is 18.2 Å². The standard InChI is InChI=1S/C26H38FO2/c1-2-3-9-25(27)26(28)29-24-18-16-23(17-19-24)22-14-12-21(13-15-22)11-10-20-7-5-4-6-8-20/h4,12-15,20,23-25H,2-3,5-11,16-19H2,1H3/t23-,24-,25-/m0/s1. The van der Waals surface area contributed by atoms with Gasteiger partial charge in [-0.25, -0.2) is 9.18 Å². The Bertz CT molecular complexity index is 598. The molecular formula is C26H38FO2. The number of carbonyl (C=O) groups excluding carboxylic acids is 1. The minimum absolute atomic E-state index is 0.106. The Labute approximate surface area is 176 Å². The van der Waals surface area contributed by atoms with E-state index in [1.807, 2.05) is 6.92 Å². The fourth-order valence-corrected chi connectivity index (χ4v) is 4.87. The lowest BCUT2D eigenvalue weighted by molar-refractivity contribution is -0.157. The maximum absolute atomic E-state index is 13.8. The van der Waals surface area contributed by atoms with E-state index < -0.39 is 12.1 Å². The Morgan fingerprint density at radius 1 is 1.07 bits per heavy atom. The number of aryl methyl sites for hydroxylation is 1. The van der Waals surface area contributed by atoms with Crippen LogP contribution in [0.3, 0.4) is 0 Å². The van der Waals surface area contributed by atoms with Crippen LogP contribution in [0.2, 0.25) is 0 Å². The van der Waals surface area contributed by atoms with Gasteiger partial charge < -0.3 is 4.74 Å². The Hall–Kier alpha value is -1.38. The number of unbranched alkanes of at least 4 members (excludes halogenated alkanes) is 1. The van der Waals surface area contributed by atoms with Gasteiger partial charge in [0, 0.05) is 0 Å². The summed E-state index contributed by atoms with van der Waals surface area (Å²) in [7, 11) is 0. The van der Waals surface area contributed by atoms with Gasteiger partial charge >= 0.3 is 5.97 Å². The summed E-state index contributed by atoms with van der Waals surface area (Å²) in [5.74, 6) is 0.791. The highest BCUT2D eigenvalue weighted by Gasteiger charge is 2.27. The molecule has 2 aliphatic carbocycles. The summed E-state index contributed by atoms with van der Waals surface area (Å²) in [6, 6.07) is 9.20.